The quantitative estimate of drug-likeness (QED) is 0.652. The third kappa shape index (κ3) is 13.9. The second-order valence-electron chi connectivity index (χ2n) is 2.89. The predicted molar refractivity (Wildman–Crippen MR) is 61.5 cm³/mol. The Morgan fingerprint density at radius 3 is 2.14 bits per heavy atom. The Bertz CT molecular complexity index is 129. The van der Waals surface area contributed by atoms with E-state index in [-0.39, 0.29) is 5.91 Å². The molecule has 0 aliphatic rings. The zero-order valence-electron chi connectivity index (χ0n) is 10.2. The van der Waals surface area contributed by atoms with Crippen molar-refractivity contribution in [3.63, 3.8) is 0 Å². The predicted octanol–water partition coefficient (Wildman–Crippen LogP) is 0.300. The van der Waals surface area contributed by atoms with E-state index in [0.29, 0.717) is 0 Å². The van der Waals surface area contributed by atoms with E-state index in [1.54, 1.807) is 0 Å². The number of rotatable bonds is 6. The van der Waals surface area contributed by atoms with Crippen LogP contribution >= 0.6 is 0 Å². The summed E-state index contributed by atoms with van der Waals surface area (Å²) in [4.78, 5) is 12.7. The summed E-state index contributed by atoms with van der Waals surface area (Å²) in [6.45, 7) is 9.16. The van der Waals surface area contributed by atoms with Crippen LogP contribution in [0.3, 0.4) is 0 Å². The average molecular weight is 203 g/mol. The van der Waals surface area contributed by atoms with Crippen LogP contribution in [0.2, 0.25) is 0 Å². The Kier molecular flexibility index (Phi) is 14.0. The maximum atomic E-state index is 10.5. The minimum atomic E-state index is 0.0389. The van der Waals surface area contributed by atoms with E-state index in [2.05, 4.69) is 15.5 Å². The minimum Gasteiger partial charge on any atom is -0.355 e. The van der Waals surface area contributed by atoms with E-state index < -0.39 is 0 Å². The van der Waals surface area contributed by atoms with E-state index in [1.165, 1.54) is 6.92 Å². The van der Waals surface area contributed by atoms with Crippen molar-refractivity contribution < 1.29 is 4.79 Å². The number of nitrogens with zero attached hydrogens (tertiary/aromatic N) is 1. The fourth-order valence-corrected chi connectivity index (χ4v) is 0.837. The van der Waals surface area contributed by atoms with Crippen molar-refractivity contribution in [3.8, 4) is 0 Å². The van der Waals surface area contributed by atoms with Crippen LogP contribution in [0.1, 0.15) is 20.8 Å². The smallest absolute Gasteiger partial charge is 0.216 e. The van der Waals surface area contributed by atoms with Gasteiger partial charge in [0.05, 0.1) is 0 Å². The van der Waals surface area contributed by atoms with Crippen molar-refractivity contribution in [2.24, 2.45) is 0 Å². The summed E-state index contributed by atoms with van der Waals surface area (Å²) in [7, 11) is 3.97. The van der Waals surface area contributed by atoms with Gasteiger partial charge in [-0.2, -0.15) is 0 Å². The monoisotopic (exact) mass is 203 g/mol. The lowest BCUT2D eigenvalue weighted by molar-refractivity contribution is -0.118. The zero-order valence-corrected chi connectivity index (χ0v) is 10.2. The Morgan fingerprint density at radius 1 is 1.21 bits per heavy atom. The van der Waals surface area contributed by atoms with Gasteiger partial charge in [0.2, 0.25) is 5.91 Å². The lowest BCUT2D eigenvalue weighted by atomic mass is 10.5. The van der Waals surface area contributed by atoms with E-state index >= 15 is 0 Å². The largest absolute Gasteiger partial charge is 0.355 e. The molecular formula is C10H25N3O. The fourth-order valence-electron chi connectivity index (χ4n) is 0.837. The lowest BCUT2D eigenvalue weighted by Gasteiger charge is -2.15. The molecule has 0 heterocycles. The highest BCUT2D eigenvalue weighted by Gasteiger charge is 1.96. The molecule has 1 amide bonds. The molecule has 0 radical (unpaired) electrons. The molecule has 0 aromatic rings. The van der Waals surface area contributed by atoms with Crippen molar-refractivity contribution in [2.45, 2.75) is 20.8 Å². The van der Waals surface area contributed by atoms with Crippen LogP contribution in [0.4, 0.5) is 0 Å². The van der Waals surface area contributed by atoms with Crippen LogP contribution in [0.25, 0.3) is 0 Å². The minimum absolute atomic E-state index is 0.0389. The summed E-state index contributed by atoms with van der Waals surface area (Å²) < 4.78 is 0. The van der Waals surface area contributed by atoms with Gasteiger partial charge in [0.25, 0.3) is 0 Å². The third-order valence-corrected chi connectivity index (χ3v) is 1.61. The molecule has 0 spiro atoms. The average Bonchev–Trinajstić information content (AvgIpc) is 2.17. The van der Waals surface area contributed by atoms with Crippen LogP contribution < -0.4 is 10.6 Å². The van der Waals surface area contributed by atoms with Crippen LogP contribution in [0, 0.1) is 0 Å². The van der Waals surface area contributed by atoms with Gasteiger partial charge in [-0.15, -0.1) is 0 Å². The van der Waals surface area contributed by atoms with Crippen molar-refractivity contribution in [1.82, 2.24) is 15.5 Å². The van der Waals surface area contributed by atoms with Crippen molar-refractivity contribution >= 4 is 5.91 Å². The number of likely N-dealkylation sites (N-methyl/N-ethyl adjacent to an activating group) is 2. The normalized spacial score (nSPS) is 9.29. The summed E-state index contributed by atoms with van der Waals surface area (Å²) in [5, 5.41) is 5.82. The molecule has 0 aliphatic carbocycles. The number of amides is 1. The molecule has 0 rings (SSSR count). The highest BCUT2D eigenvalue weighted by molar-refractivity contribution is 5.72. The molecule has 0 saturated heterocycles. The first-order valence-electron chi connectivity index (χ1n) is 5.24. The third-order valence-electron chi connectivity index (χ3n) is 1.61. The molecule has 4 nitrogen and oxygen atoms in total. The molecule has 14 heavy (non-hydrogen) atoms. The van der Waals surface area contributed by atoms with Crippen LogP contribution in [0.15, 0.2) is 0 Å². The molecule has 0 aliphatic heterocycles. The maximum absolute atomic E-state index is 10.5. The Labute approximate surface area is 88.1 Å². The summed E-state index contributed by atoms with van der Waals surface area (Å²) in [5.74, 6) is 0.0389. The lowest BCUT2D eigenvalue weighted by Crippen LogP contribution is -2.34. The number of hydrogen-bond donors (Lipinski definition) is 2. The molecule has 0 aromatic carbocycles. The molecule has 2 N–H and O–H groups in total. The van der Waals surface area contributed by atoms with Gasteiger partial charge in [-0.25, -0.2) is 0 Å². The van der Waals surface area contributed by atoms with Crippen molar-refractivity contribution in [1.29, 1.82) is 0 Å². The molecule has 0 aromatic heterocycles. The topological polar surface area (TPSA) is 44.4 Å². The molecule has 4 heteroatoms. The second-order valence-corrected chi connectivity index (χ2v) is 2.89. The van der Waals surface area contributed by atoms with Gasteiger partial charge in [0.15, 0.2) is 0 Å². The molecular weight excluding hydrogens is 178 g/mol. The second kappa shape index (κ2) is 12.4. The molecule has 0 fully saturated rings. The number of hydrogen-bond acceptors (Lipinski definition) is 3. The molecule has 86 valence electrons. The van der Waals surface area contributed by atoms with Crippen LogP contribution in [0.5, 0.6) is 0 Å². The standard InChI is InChI=1S/C8H19N3O.C2H6/c1-8(12)10-5-7-11(3)6-4-9-2;1-2/h9H,4-7H2,1-3H3,(H,10,12);1-2H3. The van der Waals surface area contributed by atoms with E-state index in [0.717, 1.165) is 26.2 Å². The maximum Gasteiger partial charge on any atom is 0.216 e. The Morgan fingerprint density at radius 2 is 1.71 bits per heavy atom. The van der Waals surface area contributed by atoms with Crippen LogP contribution in [-0.4, -0.2) is 51.1 Å². The number of nitrogens with one attached hydrogen (secondary N) is 2. The molecule has 0 bridgehead atoms. The summed E-state index contributed by atoms with van der Waals surface area (Å²) in [6.07, 6.45) is 0. The van der Waals surface area contributed by atoms with Gasteiger partial charge in [-0.1, -0.05) is 13.8 Å². The zero-order chi connectivity index (χ0) is 11.4. The highest BCUT2D eigenvalue weighted by Crippen LogP contribution is 1.78. The van der Waals surface area contributed by atoms with Crippen molar-refractivity contribution in [3.05, 3.63) is 0 Å². The summed E-state index contributed by atoms with van der Waals surface area (Å²) in [5.41, 5.74) is 0. The number of carbonyl (C=O) groups is 1. The van der Waals surface area contributed by atoms with E-state index in [9.17, 15) is 4.79 Å². The fraction of sp³-hybridized carbons (Fsp3) is 0.900. The van der Waals surface area contributed by atoms with Crippen LogP contribution in [-0.2, 0) is 4.79 Å². The summed E-state index contributed by atoms with van der Waals surface area (Å²) in [6, 6.07) is 0. The van der Waals surface area contributed by atoms with Gasteiger partial charge < -0.3 is 15.5 Å². The Balaban J connectivity index is 0. The van der Waals surface area contributed by atoms with Crippen molar-refractivity contribution in [2.75, 3.05) is 40.3 Å². The first-order chi connectivity index (χ1) is 6.66. The van der Waals surface area contributed by atoms with Gasteiger partial charge in [0, 0.05) is 33.1 Å². The highest BCUT2D eigenvalue weighted by atomic mass is 16.1. The Hall–Kier alpha value is -0.610. The first kappa shape index (κ1) is 15.8. The van der Waals surface area contributed by atoms with Gasteiger partial charge >= 0.3 is 0 Å². The summed E-state index contributed by atoms with van der Waals surface area (Å²) >= 11 is 0. The van der Waals surface area contributed by atoms with Gasteiger partial charge in [-0.3, -0.25) is 4.79 Å². The molecule has 0 unspecified atom stereocenters. The number of carbonyl (C=O) groups excluding carboxylic acids is 1. The van der Waals surface area contributed by atoms with E-state index in [4.69, 9.17) is 0 Å². The van der Waals surface area contributed by atoms with E-state index in [1.807, 2.05) is 27.9 Å². The van der Waals surface area contributed by atoms with Gasteiger partial charge in [-0.05, 0) is 14.1 Å². The molecule has 0 atom stereocenters. The van der Waals surface area contributed by atoms with Gasteiger partial charge in [0.1, 0.15) is 0 Å². The molecule has 0 saturated carbocycles. The SMILES string of the molecule is CC.CNCCN(C)CCNC(C)=O. The first-order valence-corrected chi connectivity index (χ1v) is 5.24.